The molecule has 15 heavy (non-hydrogen) atoms. The minimum absolute atomic E-state index is 0.236. The van der Waals surface area contributed by atoms with Crippen LogP contribution in [0.15, 0.2) is 0 Å². The lowest BCUT2D eigenvalue weighted by molar-refractivity contribution is 0.0928. The molecule has 1 aromatic heterocycles. The second-order valence-electron chi connectivity index (χ2n) is 3.12. The summed E-state index contributed by atoms with van der Waals surface area (Å²) in [5.41, 5.74) is 1.03. The molecule has 0 atom stereocenters. The molecule has 0 spiro atoms. The smallest absolute Gasteiger partial charge is 0.271 e. The fourth-order valence-electron chi connectivity index (χ4n) is 1.23. The maximum absolute atomic E-state index is 11.7. The molecule has 1 rings (SSSR count). The van der Waals surface area contributed by atoms with E-state index in [1.807, 2.05) is 0 Å². The second-order valence-corrected chi connectivity index (χ2v) is 3.50. The van der Waals surface area contributed by atoms with Gasteiger partial charge in [0.05, 0.1) is 17.3 Å². The Morgan fingerprint density at radius 1 is 1.67 bits per heavy atom. The summed E-state index contributed by atoms with van der Waals surface area (Å²) in [5.74, 6) is -0.236. The average molecular weight is 232 g/mol. The normalized spacial score (nSPS) is 10.4. The van der Waals surface area contributed by atoms with E-state index in [1.54, 1.807) is 21.1 Å². The molecule has 0 aliphatic heterocycles. The molecular formula is C9H14ClN3O2. The van der Waals surface area contributed by atoms with Crippen molar-refractivity contribution in [2.24, 2.45) is 7.05 Å². The third-order valence-corrected chi connectivity index (χ3v) is 2.41. The Bertz CT molecular complexity index is 362. The van der Waals surface area contributed by atoms with Crippen LogP contribution in [0.25, 0.3) is 0 Å². The third-order valence-electron chi connectivity index (χ3n) is 1.96. The molecule has 1 heterocycles. The maximum atomic E-state index is 11.7. The fourth-order valence-corrected chi connectivity index (χ4v) is 1.48. The van der Waals surface area contributed by atoms with Gasteiger partial charge in [-0.15, -0.1) is 0 Å². The molecule has 0 aliphatic carbocycles. The molecule has 1 N–H and O–H groups in total. The zero-order chi connectivity index (χ0) is 11.4. The first-order valence-corrected chi connectivity index (χ1v) is 4.92. The van der Waals surface area contributed by atoms with E-state index in [4.69, 9.17) is 16.3 Å². The number of nitrogens with zero attached hydrogens (tertiary/aromatic N) is 2. The predicted octanol–water partition coefficient (Wildman–Crippen LogP) is 0.758. The average Bonchev–Trinajstić information content (AvgIpc) is 2.41. The minimum atomic E-state index is -0.236. The Morgan fingerprint density at radius 3 is 2.80 bits per heavy atom. The number of halogens is 1. The maximum Gasteiger partial charge on any atom is 0.271 e. The van der Waals surface area contributed by atoms with Crippen LogP contribution < -0.4 is 5.32 Å². The summed E-state index contributed by atoms with van der Waals surface area (Å²) in [4.78, 5) is 11.7. The van der Waals surface area contributed by atoms with Gasteiger partial charge in [-0.2, -0.15) is 5.10 Å². The van der Waals surface area contributed by atoms with E-state index in [1.165, 1.54) is 4.68 Å². The molecule has 0 saturated carbocycles. The molecule has 6 heteroatoms. The van der Waals surface area contributed by atoms with Crippen molar-refractivity contribution >= 4 is 17.5 Å². The number of carbonyl (C=O) groups is 1. The lowest BCUT2D eigenvalue weighted by atomic mass is 10.3. The Balaban J connectivity index is 2.73. The third kappa shape index (κ3) is 2.70. The van der Waals surface area contributed by atoms with Crippen LogP contribution in [0.2, 0.25) is 5.02 Å². The van der Waals surface area contributed by atoms with E-state index >= 15 is 0 Å². The van der Waals surface area contributed by atoms with Gasteiger partial charge in [0.25, 0.3) is 5.91 Å². The van der Waals surface area contributed by atoms with Crippen molar-refractivity contribution in [3.63, 3.8) is 0 Å². The predicted molar refractivity (Wildman–Crippen MR) is 57.2 cm³/mol. The van der Waals surface area contributed by atoms with Gasteiger partial charge in [0.1, 0.15) is 5.69 Å². The van der Waals surface area contributed by atoms with Gasteiger partial charge in [-0.05, 0) is 6.92 Å². The number of rotatable bonds is 4. The molecule has 0 radical (unpaired) electrons. The van der Waals surface area contributed by atoms with Gasteiger partial charge >= 0.3 is 0 Å². The Labute approximate surface area is 93.4 Å². The van der Waals surface area contributed by atoms with Crippen molar-refractivity contribution in [2.75, 3.05) is 20.3 Å². The number of nitrogens with one attached hydrogen (secondary N) is 1. The molecule has 84 valence electrons. The standard InChI is InChI=1S/C9H14ClN3O2/c1-6-7(10)8(13(2)12-6)9(14)11-4-5-15-3/h4-5H2,1-3H3,(H,11,14). The lowest BCUT2D eigenvalue weighted by Crippen LogP contribution is -2.28. The highest BCUT2D eigenvalue weighted by atomic mass is 35.5. The SMILES string of the molecule is COCCNC(=O)c1c(Cl)c(C)nn1C. The van der Waals surface area contributed by atoms with Crippen LogP contribution in [0.5, 0.6) is 0 Å². The number of hydrogen-bond acceptors (Lipinski definition) is 3. The molecule has 0 unspecified atom stereocenters. The molecule has 0 saturated heterocycles. The number of aromatic nitrogens is 2. The van der Waals surface area contributed by atoms with E-state index in [-0.39, 0.29) is 5.91 Å². The van der Waals surface area contributed by atoms with Crippen LogP contribution in [0.1, 0.15) is 16.2 Å². The van der Waals surface area contributed by atoms with Gasteiger partial charge in [0.2, 0.25) is 0 Å². The van der Waals surface area contributed by atoms with E-state index in [9.17, 15) is 4.79 Å². The second kappa shape index (κ2) is 5.14. The molecule has 0 aromatic carbocycles. The summed E-state index contributed by atoms with van der Waals surface area (Å²) in [6, 6.07) is 0. The van der Waals surface area contributed by atoms with Crippen LogP contribution >= 0.6 is 11.6 Å². The van der Waals surface area contributed by atoms with E-state index in [2.05, 4.69) is 10.4 Å². The first kappa shape index (κ1) is 12.0. The molecule has 0 aliphatic rings. The number of aryl methyl sites for hydroxylation is 2. The van der Waals surface area contributed by atoms with E-state index in [0.29, 0.717) is 29.6 Å². The van der Waals surface area contributed by atoms with Crippen molar-refractivity contribution in [1.82, 2.24) is 15.1 Å². The Morgan fingerprint density at radius 2 is 2.33 bits per heavy atom. The number of ether oxygens (including phenoxy) is 1. The summed E-state index contributed by atoms with van der Waals surface area (Å²) in [7, 11) is 3.26. The first-order valence-electron chi connectivity index (χ1n) is 4.54. The summed E-state index contributed by atoms with van der Waals surface area (Å²) in [6.07, 6.45) is 0. The van der Waals surface area contributed by atoms with Crippen LogP contribution in [0, 0.1) is 6.92 Å². The quantitative estimate of drug-likeness (QED) is 0.779. The van der Waals surface area contributed by atoms with Crippen molar-refractivity contribution < 1.29 is 9.53 Å². The molecule has 0 fully saturated rings. The highest BCUT2D eigenvalue weighted by Crippen LogP contribution is 2.18. The van der Waals surface area contributed by atoms with Crippen LogP contribution in [-0.4, -0.2) is 35.9 Å². The zero-order valence-electron chi connectivity index (χ0n) is 9.00. The summed E-state index contributed by atoms with van der Waals surface area (Å²) < 4.78 is 6.30. The lowest BCUT2D eigenvalue weighted by Gasteiger charge is -2.04. The summed E-state index contributed by atoms with van der Waals surface area (Å²) >= 11 is 5.95. The van der Waals surface area contributed by atoms with E-state index in [0.717, 1.165) is 0 Å². The number of methoxy groups -OCH3 is 1. The van der Waals surface area contributed by atoms with Crippen LogP contribution in [0.4, 0.5) is 0 Å². The monoisotopic (exact) mass is 231 g/mol. The summed E-state index contributed by atoms with van der Waals surface area (Å²) in [6.45, 7) is 2.68. The van der Waals surface area contributed by atoms with Gasteiger partial charge in [0, 0.05) is 20.7 Å². The highest BCUT2D eigenvalue weighted by molar-refractivity contribution is 6.34. The van der Waals surface area contributed by atoms with Crippen LogP contribution in [-0.2, 0) is 11.8 Å². The van der Waals surface area contributed by atoms with Gasteiger partial charge in [0.15, 0.2) is 0 Å². The molecule has 1 aromatic rings. The number of hydrogen-bond donors (Lipinski definition) is 1. The van der Waals surface area contributed by atoms with Gasteiger partial charge in [-0.3, -0.25) is 9.48 Å². The van der Waals surface area contributed by atoms with E-state index < -0.39 is 0 Å². The van der Waals surface area contributed by atoms with Gasteiger partial charge in [-0.25, -0.2) is 0 Å². The number of amides is 1. The van der Waals surface area contributed by atoms with Crippen LogP contribution in [0.3, 0.4) is 0 Å². The first-order chi connectivity index (χ1) is 7.07. The van der Waals surface area contributed by atoms with Gasteiger partial charge in [-0.1, -0.05) is 11.6 Å². The summed E-state index contributed by atoms with van der Waals surface area (Å²) in [5, 5.41) is 7.13. The number of carbonyl (C=O) groups excluding carboxylic acids is 1. The van der Waals surface area contributed by atoms with Gasteiger partial charge < -0.3 is 10.1 Å². The van der Waals surface area contributed by atoms with Crippen molar-refractivity contribution in [3.05, 3.63) is 16.4 Å². The Hall–Kier alpha value is -1.07. The largest absolute Gasteiger partial charge is 0.383 e. The fraction of sp³-hybridized carbons (Fsp3) is 0.556. The Kier molecular flexibility index (Phi) is 4.11. The van der Waals surface area contributed by atoms with Crippen molar-refractivity contribution in [2.45, 2.75) is 6.92 Å². The topological polar surface area (TPSA) is 56.1 Å². The molecule has 5 nitrogen and oxygen atoms in total. The molecule has 1 amide bonds. The zero-order valence-corrected chi connectivity index (χ0v) is 9.76. The minimum Gasteiger partial charge on any atom is -0.383 e. The van der Waals surface area contributed by atoms with Crippen molar-refractivity contribution in [3.8, 4) is 0 Å². The molecular weight excluding hydrogens is 218 g/mol. The highest BCUT2D eigenvalue weighted by Gasteiger charge is 2.17. The van der Waals surface area contributed by atoms with Crippen molar-refractivity contribution in [1.29, 1.82) is 0 Å². The molecule has 0 bridgehead atoms.